The third kappa shape index (κ3) is 4.02. The van der Waals surface area contributed by atoms with E-state index in [1.807, 2.05) is 0 Å². The SMILES string of the molecule is Cl.O=C(Nc1ccc(Cl)c(Cl)c1)C1CCCCN1. The summed E-state index contributed by atoms with van der Waals surface area (Å²) in [7, 11) is 0. The van der Waals surface area contributed by atoms with Gasteiger partial charge in [0.2, 0.25) is 5.91 Å². The number of benzene rings is 1. The maximum Gasteiger partial charge on any atom is 0.241 e. The van der Waals surface area contributed by atoms with Gasteiger partial charge in [0.05, 0.1) is 16.1 Å². The lowest BCUT2D eigenvalue weighted by Crippen LogP contribution is -2.43. The minimum Gasteiger partial charge on any atom is -0.325 e. The van der Waals surface area contributed by atoms with Crippen LogP contribution in [0.2, 0.25) is 10.0 Å². The highest BCUT2D eigenvalue weighted by Gasteiger charge is 2.20. The highest BCUT2D eigenvalue weighted by molar-refractivity contribution is 6.42. The number of nitrogens with one attached hydrogen (secondary N) is 2. The molecular formula is C12H15Cl3N2O. The van der Waals surface area contributed by atoms with Gasteiger partial charge in [-0.3, -0.25) is 4.79 Å². The summed E-state index contributed by atoms with van der Waals surface area (Å²) in [6, 6.07) is 4.98. The molecule has 1 aliphatic rings. The molecule has 1 aromatic rings. The zero-order chi connectivity index (χ0) is 12.3. The van der Waals surface area contributed by atoms with Crippen molar-refractivity contribution in [1.82, 2.24) is 5.32 Å². The van der Waals surface area contributed by atoms with Gasteiger partial charge in [0.15, 0.2) is 0 Å². The number of carbonyl (C=O) groups is 1. The van der Waals surface area contributed by atoms with E-state index < -0.39 is 0 Å². The first kappa shape index (κ1) is 15.6. The zero-order valence-corrected chi connectivity index (χ0v) is 12.0. The Bertz CT molecular complexity index is 420. The molecule has 2 N–H and O–H groups in total. The topological polar surface area (TPSA) is 41.1 Å². The Morgan fingerprint density at radius 3 is 2.67 bits per heavy atom. The van der Waals surface area contributed by atoms with E-state index in [2.05, 4.69) is 10.6 Å². The van der Waals surface area contributed by atoms with Gasteiger partial charge in [0.1, 0.15) is 0 Å². The number of amides is 1. The summed E-state index contributed by atoms with van der Waals surface area (Å²) >= 11 is 11.7. The molecule has 1 unspecified atom stereocenters. The molecule has 0 spiro atoms. The van der Waals surface area contributed by atoms with Gasteiger partial charge in [0, 0.05) is 5.69 Å². The molecule has 100 valence electrons. The highest BCUT2D eigenvalue weighted by Crippen LogP contribution is 2.25. The third-order valence-corrected chi connectivity index (χ3v) is 3.55. The van der Waals surface area contributed by atoms with Crippen molar-refractivity contribution in [1.29, 1.82) is 0 Å². The predicted molar refractivity (Wildman–Crippen MR) is 78.0 cm³/mol. The summed E-state index contributed by atoms with van der Waals surface area (Å²) in [6.45, 7) is 0.902. The molecule has 6 heteroatoms. The van der Waals surface area contributed by atoms with Crippen LogP contribution < -0.4 is 10.6 Å². The Morgan fingerprint density at radius 2 is 2.06 bits per heavy atom. The second-order valence-electron chi connectivity index (χ2n) is 4.12. The molecule has 1 aromatic carbocycles. The largest absolute Gasteiger partial charge is 0.325 e. The number of carbonyl (C=O) groups excluding carboxylic acids is 1. The molecule has 1 aliphatic heterocycles. The van der Waals surface area contributed by atoms with Gasteiger partial charge in [-0.05, 0) is 37.6 Å². The molecule has 3 nitrogen and oxygen atoms in total. The quantitative estimate of drug-likeness (QED) is 0.878. The van der Waals surface area contributed by atoms with Crippen LogP contribution in [-0.4, -0.2) is 18.5 Å². The van der Waals surface area contributed by atoms with Gasteiger partial charge >= 0.3 is 0 Å². The normalized spacial score (nSPS) is 18.9. The van der Waals surface area contributed by atoms with Crippen LogP contribution in [0.4, 0.5) is 5.69 Å². The van der Waals surface area contributed by atoms with Gasteiger partial charge in [-0.15, -0.1) is 12.4 Å². The van der Waals surface area contributed by atoms with Crippen molar-refractivity contribution in [3.63, 3.8) is 0 Å². The lowest BCUT2D eigenvalue weighted by atomic mass is 10.0. The number of hydrogen-bond acceptors (Lipinski definition) is 2. The van der Waals surface area contributed by atoms with E-state index >= 15 is 0 Å². The van der Waals surface area contributed by atoms with Gasteiger partial charge in [-0.2, -0.15) is 0 Å². The van der Waals surface area contributed by atoms with Crippen LogP contribution in [-0.2, 0) is 4.79 Å². The maximum atomic E-state index is 11.9. The summed E-state index contributed by atoms with van der Waals surface area (Å²) < 4.78 is 0. The second-order valence-corrected chi connectivity index (χ2v) is 4.94. The molecule has 0 aromatic heterocycles. The molecule has 1 amide bonds. The van der Waals surface area contributed by atoms with Crippen LogP contribution in [0, 0.1) is 0 Å². The van der Waals surface area contributed by atoms with Crippen molar-refractivity contribution in [3.05, 3.63) is 28.2 Å². The number of halogens is 3. The average molecular weight is 310 g/mol. The molecule has 1 fully saturated rings. The number of anilines is 1. The number of piperidine rings is 1. The molecule has 0 saturated carbocycles. The maximum absolute atomic E-state index is 11.9. The fourth-order valence-corrected chi connectivity index (χ4v) is 2.18. The Hall–Kier alpha value is -0.480. The Morgan fingerprint density at radius 1 is 1.28 bits per heavy atom. The standard InChI is InChI=1S/C12H14Cl2N2O.ClH/c13-9-5-4-8(7-10(9)14)16-12(17)11-3-1-2-6-15-11;/h4-5,7,11,15H,1-3,6H2,(H,16,17);1H. The summed E-state index contributed by atoms with van der Waals surface area (Å²) in [6.07, 6.45) is 3.11. The van der Waals surface area contributed by atoms with Crippen LogP contribution in [0.25, 0.3) is 0 Å². The summed E-state index contributed by atoms with van der Waals surface area (Å²) in [5.41, 5.74) is 0.678. The van der Waals surface area contributed by atoms with Crippen LogP contribution in [0.1, 0.15) is 19.3 Å². The van der Waals surface area contributed by atoms with E-state index in [0.717, 1.165) is 25.8 Å². The average Bonchev–Trinajstić information content (AvgIpc) is 2.35. The molecule has 0 bridgehead atoms. The molecule has 1 atom stereocenters. The van der Waals surface area contributed by atoms with Crippen molar-refractivity contribution in [2.75, 3.05) is 11.9 Å². The van der Waals surface area contributed by atoms with E-state index in [1.165, 1.54) is 0 Å². The van der Waals surface area contributed by atoms with E-state index in [4.69, 9.17) is 23.2 Å². The highest BCUT2D eigenvalue weighted by atomic mass is 35.5. The Balaban J connectivity index is 0.00000162. The van der Waals surface area contributed by atoms with Crippen molar-refractivity contribution < 1.29 is 4.79 Å². The van der Waals surface area contributed by atoms with Gasteiger partial charge < -0.3 is 10.6 Å². The van der Waals surface area contributed by atoms with Crippen molar-refractivity contribution in [3.8, 4) is 0 Å². The van der Waals surface area contributed by atoms with E-state index in [0.29, 0.717) is 15.7 Å². The minimum atomic E-state index is -0.0989. The molecular weight excluding hydrogens is 295 g/mol. The Labute approximate surface area is 123 Å². The van der Waals surface area contributed by atoms with Crippen molar-refractivity contribution in [2.45, 2.75) is 25.3 Å². The third-order valence-electron chi connectivity index (χ3n) is 2.81. The summed E-state index contributed by atoms with van der Waals surface area (Å²) in [4.78, 5) is 11.9. The van der Waals surface area contributed by atoms with Crippen molar-refractivity contribution in [2.24, 2.45) is 0 Å². The first-order chi connectivity index (χ1) is 8.16. The molecule has 0 radical (unpaired) electrons. The lowest BCUT2D eigenvalue weighted by molar-refractivity contribution is -0.118. The van der Waals surface area contributed by atoms with Gasteiger partial charge in [0.25, 0.3) is 0 Å². The monoisotopic (exact) mass is 308 g/mol. The first-order valence-electron chi connectivity index (χ1n) is 5.66. The van der Waals surface area contributed by atoms with Crippen LogP contribution >= 0.6 is 35.6 Å². The fraction of sp³-hybridized carbons (Fsp3) is 0.417. The predicted octanol–water partition coefficient (Wildman–Crippen LogP) is 3.50. The van der Waals surface area contributed by atoms with Crippen LogP contribution in [0.3, 0.4) is 0 Å². The van der Waals surface area contributed by atoms with Crippen molar-refractivity contribution >= 4 is 47.2 Å². The van der Waals surface area contributed by atoms with Gasteiger partial charge in [-0.25, -0.2) is 0 Å². The molecule has 18 heavy (non-hydrogen) atoms. The smallest absolute Gasteiger partial charge is 0.241 e. The zero-order valence-electron chi connectivity index (χ0n) is 9.71. The second kappa shape index (κ2) is 7.19. The van der Waals surface area contributed by atoms with E-state index in [1.54, 1.807) is 18.2 Å². The molecule has 1 saturated heterocycles. The number of hydrogen-bond donors (Lipinski definition) is 2. The lowest BCUT2D eigenvalue weighted by Gasteiger charge is -2.22. The summed E-state index contributed by atoms with van der Waals surface area (Å²) in [5.74, 6) is -0.0110. The number of rotatable bonds is 2. The minimum absolute atomic E-state index is 0. The van der Waals surface area contributed by atoms with Crippen LogP contribution in [0.15, 0.2) is 18.2 Å². The van der Waals surface area contributed by atoms with Gasteiger partial charge in [-0.1, -0.05) is 29.6 Å². The van der Waals surface area contributed by atoms with E-state index in [9.17, 15) is 4.79 Å². The summed E-state index contributed by atoms with van der Waals surface area (Å²) in [5, 5.41) is 6.96. The van der Waals surface area contributed by atoms with E-state index in [-0.39, 0.29) is 24.4 Å². The Kier molecular flexibility index (Phi) is 6.22. The van der Waals surface area contributed by atoms with Crippen LogP contribution in [0.5, 0.6) is 0 Å². The fourth-order valence-electron chi connectivity index (χ4n) is 1.88. The molecule has 1 heterocycles. The first-order valence-corrected chi connectivity index (χ1v) is 6.42. The molecule has 2 rings (SSSR count). The molecule has 0 aliphatic carbocycles.